The molecule has 2 N–H and O–H groups in total. The first-order valence-electron chi connectivity index (χ1n) is 8.77. The Kier molecular flexibility index (Phi) is 5.83. The fourth-order valence-corrected chi connectivity index (χ4v) is 3.96. The summed E-state index contributed by atoms with van der Waals surface area (Å²) in [5, 5.41) is 10.3. The molecule has 1 heterocycles. The number of aryl methyl sites for hydroxylation is 1. The zero-order valence-corrected chi connectivity index (χ0v) is 16.4. The van der Waals surface area contributed by atoms with Crippen molar-refractivity contribution in [2.45, 2.75) is 31.2 Å². The molecule has 1 aliphatic rings. The van der Waals surface area contributed by atoms with Gasteiger partial charge in [0.05, 0.1) is 11.4 Å². The normalized spacial score (nSPS) is 17.8. The van der Waals surface area contributed by atoms with Crippen LogP contribution < -0.4 is 9.46 Å². The van der Waals surface area contributed by atoms with Crippen LogP contribution >= 0.6 is 0 Å². The van der Waals surface area contributed by atoms with Crippen LogP contribution in [0.15, 0.2) is 65.1 Å². The predicted molar refractivity (Wildman–Crippen MR) is 104 cm³/mol. The quantitative estimate of drug-likeness (QED) is 0.592. The van der Waals surface area contributed by atoms with Crippen molar-refractivity contribution in [2.24, 2.45) is 0 Å². The van der Waals surface area contributed by atoms with Crippen molar-refractivity contribution >= 4 is 15.9 Å². The van der Waals surface area contributed by atoms with Crippen molar-refractivity contribution in [3.8, 4) is 11.5 Å². The summed E-state index contributed by atoms with van der Waals surface area (Å²) in [7, 11) is -3.94. The number of carbonyl (C=O) groups is 1. The standard InChI is InChI=1S/C20H22N2O5S/c1-14-3-6-16(7-4-14)27-17-8-10-18(11-9-17)28(25,26)21-19-12-5-15(2)13-22(24)20(19)23/h3-11,19,21,24H,12-13H2,1-2H3/t19-/m1/s1. The lowest BCUT2D eigenvalue weighted by Crippen LogP contribution is -2.46. The second kappa shape index (κ2) is 8.14. The van der Waals surface area contributed by atoms with Gasteiger partial charge in [0.25, 0.3) is 5.91 Å². The fourth-order valence-electron chi connectivity index (χ4n) is 2.76. The summed E-state index contributed by atoms with van der Waals surface area (Å²) < 4.78 is 33.3. The Morgan fingerprint density at radius 1 is 1.04 bits per heavy atom. The number of ether oxygens (including phenoxy) is 1. The number of benzene rings is 2. The van der Waals surface area contributed by atoms with Crippen LogP contribution in [0.3, 0.4) is 0 Å². The van der Waals surface area contributed by atoms with Crippen LogP contribution in [0.5, 0.6) is 11.5 Å². The highest BCUT2D eigenvalue weighted by atomic mass is 32.2. The summed E-state index contributed by atoms with van der Waals surface area (Å²) in [4.78, 5) is 12.2. The highest BCUT2D eigenvalue weighted by molar-refractivity contribution is 7.89. The van der Waals surface area contributed by atoms with E-state index < -0.39 is 22.0 Å². The second-order valence-corrected chi connectivity index (χ2v) is 8.46. The van der Waals surface area contributed by atoms with E-state index in [0.717, 1.165) is 11.1 Å². The number of sulfonamides is 1. The van der Waals surface area contributed by atoms with E-state index in [0.29, 0.717) is 16.6 Å². The number of amides is 1. The van der Waals surface area contributed by atoms with Crippen LogP contribution in [0.1, 0.15) is 18.9 Å². The molecule has 28 heavy (non-hydrogen) atoms. The molecule has 2 aromatic rings. The van der Waals surface area contributed by atoms with Gasteiger partial charge in [-0.1, -0.05) is 29.3 Å². The topological polar surface area (TPSA) is 95.9 Å². The summed E-state index contributed by atoms with van der Waals surface area (Å²) >= 11 is 0. The maximum absolute atomic E-state index is 12.6. The molecule has 1 amide bonds. The van der Waals surface area contributed by atoms with Crippen LogP contribution in [0.25, 0.3) is 0 Å². The van der Waals surface area contributed by atoms with Crippen molar-refractivity contribution in [1.29, 1.82) is 0 Å². The van der Waals surface area contributed by atoms with Crippen LogP contribution in [-0.2, 0) is 14.8 Å². The lowest BCUT2D eigenvalue weighted by molar-refractivity contribution is -0.164. The van der Waals surface area contributed by atoms with E-state index in [9.17, 15) is 18.4 Å². The Hall–Kier alpha value is -2.68. The Bertz CT molecular complexity index is 982. The molecule has 0 spiro atoms. The van der Waals surface area contributed by atoms with Gasteiger partial charge >= 0.3 is 0 Å². The number of hydrogen-bond acceptors (Lipinski definition) is 5. The van der Waals surface area contributed by atoms with E-state index in [2.05, 4.69) is 4.72 Å². The van der Waals surface area contributed by atoms with Gasteiger partial charge in [0.15, 0.2) is 0 Å². The van der Waals surface area contributed by atoms with Gasteiger partial charge in [-0.15, -0.1) is 0 Å². The number of nitrogens with one attached hydrogen (secondary N) is 1. The van der Waals surface area contributed by atoms with Gasteiger partial charge in [0.1, 0.15) is 17.5 Å². The van der Waals surface area contributed by atoms with Crippen molar-refractivity contribution in [3.63, 3.8) is 0 Å². The van der Waals surface area contributed by atoms with Crippen LogP contribution in [0.4, 0.5) is 0 Å². The minimum atomic E-state index is -3.94. The average Bonchev–Trinajstić information content (AvgIpc) is 2.77. The van der Waals surface area contributed by atoms with Crippen molar-refractivity contribution in [2.75, 3.05) is 6.54 Å². The minimum absolute atomic E-state index is 0.00555. The average molecular weight is 402 g/mol. The third-order valence-electron chi connectivity index (χ3n) is 4.34. The lowest BCUT2D eigenvalue weighted by atomic mass is 10.2. The molecule has 7 nitrogen and oxygen atoms in total. The largest absolute Gasteiger partial charge is 0.457 e. The highest BCUT2D eigenvalue weighted by Gasteiger charge is 2.30. The Morgan fingerprint density at radius 2 is 1.61 bits per heavy atom. The molecular weight excluding hydrogens is 380 g/mol. The summed E-state index contributed by atoms with van der Waals surface area (Å²) in [6.45, 7) is 3.80. The van der Waals surface area contributed by atoms with Crippen LogP contribution in [0.2, 0.25) is 0 Å². The number of hydrogen-bond donors (Lipinski definition) is 2. The van der Waals surface area contributed by atoms with Crippen molar-refractivity contribution < 1.29 is 23.2 Å². The molecule has 0 aliphatic carbocycles. The first-order valence-corrected chi connectivity index (χ1v) is 10.3. The number of hydroxylamine groups is 2. The molecule has 0 fully saturated rings. The monoisotopic (exact) mass is 402 g/mol. The smallest absolute Gasteiger partial charge is 0.264 e. The molecule has 0 saturated heterocycles. The van der Waals surface area contributed by atoms with E-state index in [-0.39, 0.29) is 17.9 Å². The third kappa shape index (κ3) is 4.78. The summed E-state index contributed by atoms with van der Waals surface area (Å²) in [6, 6.07) is 12.3. The Labute approximate surface area is 164 Å². The molecule has 0 unspecified atom stereocenters. The molecule has 148 valence electrons. The highest BCUT2D eigenvalue weighted by Crippen LogP contribution is 2.23. The van der Waals surface area contributed by atoms with Crippen molar-refractivity contribution in [3.05, 3.63) is 65.7 Å². The van der Waals surface area contributed by atoms with Gasteiger partial charge in [-0.05, 0) is 56.7 Å². The third-order valence-corrected chi connectivity index (χ3v) is 5.83. The molecule has 2 aromatic carbocycles. The number of rotatable bonds is 5. The molecule has 3 rings (SSSR count). The summed E-state index contributed by atoms with van der Waals surface area (Å²) in [6.07, 6.45) is 1.91. The molecule has 1 aliphatic heterocycles. The van der Waals surface area contributed by atoms with Gasteiger partial charge < -0.3 is 4.74 Å². The van der Waals surface area contributed by atoms with E-state index in [1.165, 1.54) is 12.1 Å². The lowest BCUT2D eigenvalue weighted by Gasteiger charge is -2.19. The summed E-state index contributed by atoms with van der Waals surface area (Å²) in [5.41, 5.74) is 1.90. The van der Waals surface area contributed by atoms with Gasteiger partial charge in [0.2, 0.25) is 10.0 Å². The molecule has 0 radical (unpaired) electrons. The molecule has 0 aromatic heterocycles. The molecule has 8 heteroatoms. The minimum Gasteiger partial charge on any atom is -0.457 e. The predicted octanol–water partition coefficient (Wildman–Crippen LogP) is 3.00. The van der Waals surface area contributed by atoms with E-state index in [1.54, 1.807) is 25.1 Å². The molecule has 1 atom stereocenters. The molecular formula is C20H22N2O5S. The number of carbonyl (C=O) groups excluding carboxylic acids is 1. The maximum Gasteiger partial charge on any atom is 0.264 e. The first-order chi connectivity index (χ1) is 13.2. The van der Waals surface area contributed by atoms with Gasteiger partial charge in [-0.3, -0.25) is 10.0 Å². The van der Waals surface area contributed by atoms with Crippen molar-refractivity contribution in [1.82, 2.24) is 9.79 Å². The Balaban J connectivity index is 1.73. The zero-order chi connectivity index (χ0) is 20.3. The molecule has 0 bridgehead atoms. The van der Waals surface area contributed by atoms with Gasteiger partial charge in [0, 0.05) is 0 Å². The first kappa shape index (κ1) is 20.1. The van der Waals surface area contributed by atoms with Crippen LogP contribution in [0, 0.1) is 6.92 Å². The second-order valence-electron chi connectivity index (χ2n) is 6.74. The van der Waals surface area contributed by atoms with E-state index in [1.807, 2.05) is 31.2 Å². The fraction of sp³-hybridized carbons (Fsp3) is 0.250. The SMILES string of the molecule is CC1=CC[C@@H](NS(=O)(=O)c2ccc(Oc3ccc(C)cc3)cc2)C(=O)N(O)C1. The van der Waals surface area contributed by atoms with Crippen LogP contribution in [-0.4, -0.2) is 37.2 Å². The summed E-state index contributed by atoms with van der Waals surface area (Å²) in [5.74, 6) is 0.456. The molecule has 0 saturated carbocycles. The zero-order valence-electron chi connectivity index (χ0n) is 15.6. The number of nitrogens with zero attached hydrogens (tertiary/aromatic N) is 1. The van der Waals surface area contributed by atoms with Gasteiger partial charge in [-0.25, -0.2) is 13.5 Å². The van der Waals surface area contributed by atoms with Gasteiger partial charge in [-0.2, -0.15) is 4.72 Å². The Morgan fingerprint density at radius 3 is 2.21 bits per heavy atom. The maximum atomic E-state index is 12.6. The van der Waals surface area contributed by atoms with E-state index in [4.69, 9.17) is 4.74 Å². The van der Waals surface area contributed by atoms with E-state index >= 15 is 0 Å².